The molecule has 1 aliphatic heterocycles. The van der Waals surface area contributed by atoms with Crippen LogP contribution in [0.1, 0.15) is 59.4 Å². The van der Waals surface area contributed by atoms with Crippen LogP contribution in [0.3, 0.4) is 0 Å². The van der Waals surface area contributed by atoms with E-state index in [1.165, 1.54) is 31.5 Å². The predicted molar refractivity (Wildman–Crippen MR) is 116 cm³/mol. The van der Waals surface area contributed by atoms with Gasteiger partial charge in [-0.1, -0.05) is 46.8 Å². The summed E-state index contributed by atoms with van der Waals surface area (Å²) in [4.78, 5) is 0. The number of nitrogens with zero attached hydrogens (tertiary/aromatic N) is 1. The van der Waals surface area contributed by atoms with Gasteiger partial charge in [-0.15, -0.1) is 0 Å². The first-order valence-electron chi connectivity index (χ1n) is 10.8. The third-order valence-corrected chi connectivity index (χ3v) is 5.71. The minimum atomic E-state index is -0.396. The first-order valence-corrected chi connectivity index (χ1v) is 10.8. The minimum Gasteiger partial charge on any atom is -0.491 e. The Labute approximate surface area is 172 Å². The summed E-state index contributed by atoms with van der Waals surface area (Å²) in [6.07, 6.45) is 3.27. The molecule has 1 N–H and O–H groups in total. The van der Waals surface area contributed by atoms with E-state index in [0.717, 1.165) is 23.2 Å². The number of hydrogen-bond donors (Lipinski definition) is 1. The number of benzene rings is 1. The van der Waals surface area contributed by atoms with Crippen LogP contribution >= 0.6 is 0 Å². The molecule has 1 saturated heterocycles. The zero-order valence-electron chi connectivity index (χ0n) is 19.0. The fraction of sp³-hybridized carbons (Fsp3) is 0.750. The maximum Gasteiger partial charge on any atom is 0.126 e. The molecule has 0 aliphatic carbocycles. The van der Waals surface area contributed by atoms with E-state index < -0.39 is 6.10 Å². The van der Waals surface area contributed by atoms with E-state index >= 15 is 0 Å². The number of aliphatic hydroxyl groups excluding tert-OH is 1. The van der Waals surface area contributed by atoms with Crippen molar-refractivity contribution in [1.29, 1.82) is 0 Å². The Hall–Kier alpha value is -1.10. The Bertz CT molecular complexity index is 583. The third-order valence-electron chi connectivity index (χ3n) is 5.71. The molecule has 1 heterocycles. The summed E-state index contributed by atoms with van der Waals surface area (Å²) in [7, 11) is 2.23. The monoisotopic (exact) mass is 392 g/mol. The minimum absolute atomic E-state index is 0.143. The van der Waals surface area contributed by atoms with Crippen molar-refractivity contribution in [2.75, 3.05) is 46.5 Å². The van der Waals surface area contributed by atoms with E-state index in [4.69, 9.17) is 9.47 Å². The van der Waals surface area contributed by atoms with Crippen LogP contribution in [0.5, 0.6) is 5.75 Å². The van der Waals surface area contributed by atoms with Crippen LogP contribution in [0.2, 0.25) is 0 Å². The fourth-order valence-corrected chi connectivity index (χ4v) is 4.71. The lowest BCUT2D eigenvalue weighted by Crippen LogP contribution is -2.47. The molecule has 0 bridgehead atoms. The highest BCUT2D eigenvalue weighted by Crippen LogP contribution is 2.36. The maximum absolute atomic E-state index is 10.2. The highest BCUT2D eigenvalue weighted by molar-refractivity contribution is 5.31. The Morgan fingerprint density at radius 2 is 1.61 bits per heavy atom. The van der Waals surface area contributed by atoms with E-state index in [1.807, 2.05) is 12.1 Å². The Morgan fingerprint density at radius 1 is 1.00 bits per heavy atom. The van der Waals surface area contributed by atoms with Gasteiger partial charge in [0.05, 0.1) is 33.4 Å². The lowest BCUT2D eigenvalue weighted by Gasteiger charge is -2.33. The van der Waals surface area contributed by atoms with Crippen LogP contribution in [0.15, 0.2) is 24.3 Å². The molecule has 0 spiro atoms. The van der Waals surface area contributed by atoms with E-state index in [1.54, 1.807) is 0 Å². The van der Waals surface area contributed by atoms with Crippen molar-refractivity contribution in [3.8, 4) is 5.75 Å². The van der Waals surface area contributed by atoms with Crippen LogP contribution in [0.4, 0.5) is 0 Å². The molecule has 4 nitrogen and oxygen atoms in total. The second kappa shape index (κ2) is 9.60. The first kappa shape index (κ1) is 23.2. The largest absolute Gasteiger partial charge is 0.491 e. The van der Waals surface area contributed by atoms with E-state index in [2.05, 4.69) is 53.8 Å². The Morgan fingerprint density at radius 3 is 2.18 bits per heavy atom. The number of aliphatic hydroxyl groups is 1. The van der Waals surface area contributed by atoms with Crippen LogP contribution < -0.4 is 4.74 Å². The molecule has 1 aromatic rings. The highest BCUT2D eigenvalue weighted by atomic mass is 16.5. The van der Waals surface area contributed by atoms with Crippen molar-refractivity contribution in [1.82, 2.24) is 0 Å². The van der Waals surface area contributed by atoms with Crippen LogP contribution in [-0.2, 0) is 10.2 Å². The number of ether oxygens (including phenoxy) is 2. The van der Waals surface area contributed by atoms with Gasteiger partial charge in [-0.2, -0.15) is 0 Å². The van der Waals surface area contributed by atoms with Gasteiger partial charge in [0.2, 0.25) is 0 Å². The van der Waals surface area contributed by atoms with E-state index in [-0.39, 0.29) is 5.41 Å². The fourth-order valence-electron chi connectivity index (χ4n) is 4.71. The van der Waals surface area contributed by atoms with Crippen molar-refractivity contribution in [3.63, 3.8) is 0 Å². The molecule has 0 amide bonds. The molecule has 1 fully saturated rings. The molecule has 1 aliphatic rings. The summed E-state index contributed by atoms with van der Waals surface area (Å²) in [5.74, 6) is 0.870. The molecular formula is C24H42NO3+. The average molecular weight is 393 g/mol. The number of rotatable bonds is 10. The van der Waals surface area contributed by atoms with Crippen molar-refractivity contribution < 1.29 is 19.1 Å². The van der Waals surface area contributed by atoms with Gasteiger partial charge in [-0.25, -0.2) is 0 Å². The third kappa shape index (κ3) is 7.73. The topological polar surface area (TPSA) is 38.7 Å². The second-order valence-electron chi connectivity index (χ2n) is 10.7. The lowest BCUT2D eigenvalue weighted by molar-refractivity contribution is -0.900. The lowest BCUT2D eigenvalue weighted by atomic mass is 9.72. The number of likely N-dealkylation sites (N-methyl/N-ethyl adjacent to an activating group) is 1. The summed E-state index contributed by atoms with van der Waals surface area (Å²) >= 11 is 0. The number of quaternary nitrogens is 1. The van der Waals surface area contributed by atoms with Gasteiger partial charge in [0, 0.05) is 12.8 Å². The van der Waals surface area contributed by atoms with Crippen molar-refractivity contribution >= 4 is 0 Å². The molecular weight excluding hydrogens is 350 g/mol. The van der Waals surface area contributed by atoms with Crippen LogP contribution in [0, 0.1) is 5.41 Å². The van der Waals surface area contributed by atoms with Gasteiger partial charge in [0.25, 0.3) is 0 Å². The first-order chi connectivity index (χ1) is 13.0. The summed E-state index contributed by atoms with van der Waals surface area (Å²) in [6, 6.07) is 8.44. The summed E-state index contributed by atoms with van der Waals surface area (Å²) in [5.41, 5.74) is 1.78. The van der Waals surface area contributed by atoms with Crippen LogP contribution in [0.25, 0.3) is 0 Å². The molecule has 0 aromatic heterocycles. The summed E-state index contributed by atoms with van der Waals surface area (Å²) in [6.45, 7) is 16.0. The van der Waals surface area contributed by atoms with Gasteiger partial charge in [0.1, 0.15) is 25.0 Å². The quantitative estimate of drug-likeness (QED) is 0.474. The number of hydrogen-bond acceptors (Lipinski definition) is 3. The molecule has 1 atom stereocenters. The van der Waals surface area contributed by atoms with Gasteiger partial charge < -0.3 is 19.1 Å². The maximum atomic E-state index is 10.2. The molecule has 2 rings (SSSR count). The molecule has 28 heavy (non-hydrogen) atoms. The van der Waals surface area contributed by atoms with Crippen molar-refractivity contribution in [3.05, 3.63) is 29.8 Å². The summed E-state index contributed by atoms with van der Waals surface area (Å²) < 4.78 is 12.4. The van der Waals surface area contributed by atoms with E-state index in [9.17, 15) is 5.11 Å². The average Bonchev–Trinajstić information content (AvgIpc) is 2.99. The molecule has 1 aromatic carbocycles. The molecule has 4 heteroatoms. The van der Waals surface area contributed by atoms with Gasteiger partial charge in [-0.05, 0) is 34.9 Å². The van der Waals surface area contributed by atoms with Gasteiger partial charge >= 0.3 is 0 Å². The summed E-state index contributed by atoms with van der Waals surface area (Å²) in [5, 5.41) is 10.2. The Balaban J connectivity index is 1.68. The zero-order chi connectivity index (χ0) is 20.8. The smallest absolute Gasteiger partial charge is 0.126 e. The van der Waals surface area contributed by atoms with Gasteiger partial charge in [-0.3, -0.25) is 0 Å². The van der Waals surface area contributed by atoms with E-state index in [0.29, 0.717) is 25.2 Å². The predicted octanol–water partition coefficient (Wildman–Crippen LogP) is 4.40. The second-order valence-corrected chi connectivity index (χ2v) is 10.7. The van der Waals surface area contributed by atoms with Crippen LogP contribution in [-0.4, -0.2) is 62.2 Å². The van der Waals surface area contributed by atoms with Gasteiger partial charge in [0.15, 0.2) is 0 Å². The number of likely N-dealkylation sites (tertiary alicyclic amines) is 1. The highest BCUT2D eigenvalue weighted by Gasteiger charge is 2.29. The zero-order valence-corrected chi connectivity index (χ0v) is 19.0. The molecule has 1 unspecified atom stereocenters. The molecule has 0 saturated carbocycles. The standard InChI is InChI=1S/C24H42NO3/c1-23(2,3)19-24(4,5)20-9-11-22(12-10-20)28-16-15-27-18-21(26)17-25(6)13-7-8-14-25/h9-12,21,26H,7-8,13-19H2,1-6H3/q+1. The van der Waals surface area contributed by atoms with Crippen molar-refractivity contribution in [2.45, 2.75) is 65.4 Å². The normalized spacial score (nSPS) is 18.2. The molecule has 160 valence electrons. The van der Waals surface area contributed by atoms with Crippen molar-refractivity contribution in [2.24, 2.45) is 5.41 Å². The Kier molecular flexibility index (Phi) is 7.95. The SMILES string of the molecule is CC(C)(C)CC(C)(C)c1ccc(OCCOCC(O)C[N+]2(C)CCCC2)cc1. The molecule has 0 radical (unpaired) electrons.